The zero-order valence-corrected chi connectivity index (χ0v) is 19.3. The van der Waals surface area contributed by atoms with Gasteiger partial charge in [-0.1, -0.05) is 0 Å². The van der Waals surface area contributed by atoms with Crippen molar-refractivity contribution in [2.24, 2.45) is 5.92 Å². The fraction of sp³-hybridized carbons (Fsp3) is 0.478. The summed E-state index contributed by atoms with van der Waals surface area (Å²) in [5.41, 5.74) is 1.28. The van der Waals surface area contributed by atoms with E-state index < -0.39 is 0 Å². The van der Waals surface area contributed by atoms with Crippen molar-refractivity contribution < 1.29 is 23.5 Å². The summed E-state index contributed by atoms with van der Waals surface area (Å²) in [4.78, 5) is 44.6. The predicted octanol–water partition coefficient (Wildman–Crippen LogP) is 3.16. The quantitative estimate of drug-likeness (QED) is 0.598. The van der Waals surface area contributed by atoms with Crippen molar-refractivity contribution in [1.82, 2.24) is 9.88 Å². The zero-order valence-electron chi connectivity index (χ0n) is 18.4. The lowest BCUT2D eigenvalue weighted by Crippen LogP contribution is -2.41. The third-order valence-corrected chi connectivity index (χ3v) is 7.02. The summed E-state index contributed by atoms with van der Waals surface area (Å²) in [6, 6.07) is 5.64. The number of hydrogen-bond donors (Lipinski definition) is 2. The van der Waals surface area contributed by atoms with Crippen molar-refractivity contribution in [2.75, 3.05) is 36.9 Å². The van der Waals surface area contributed by atoms with Crippen molar-refractivity contribution in [3.8, 4) is 0 Å². The van der Waals surface area contributed by atoms with E-state index in [0.717, 1.165) is 17.0 Å². The Bertz CT molecular complexity index is 1020. The van der Waals surface area contributed by atoms with E-state index >= 15 is 0 Å². The lowest BCUT2D eigenvalue weighted by Gasteiger charge is -2.30. The van der Waals surface area contributed by atoms with Crippen LogP contribution in [0.2, 0.25) is 0 Å². The van der Waals surface area contributed by atoms with Gasteiger partial charge in [0.1, 0.15) is 11.7 Å². The van der Waals surface area contributed by atoms with Crippen LogP contribution in [0.5, 0.6) is 0 Å². The molecule has 2 amide bonds. The van der Waals surface area contributed by atoms with E-state index in [0.29, 0.717) is 49.8 Å². The molecular weight excluding hydrogens is 447 g/mol. The number of fused-ring (bicyclic) bond motifs is 1. The van der Waals surface area contributed by atoms with E-state index in [-0.39, 0.29) is 42.0 Å². The Morgan fingerprint density at radius 1 is 1.15 bits per heavy atom. The van der Waals surface area contributed by atoms with Gasteiger partial charge < -0.3 is 15.4 Å². The highest BCUT2D eigenvalue weighted by molar-refractivity contribution is 7.16. The van der Waals surface area contributed by atoms with Gasteiger partial charge in [-0.15, -0.1) is 11.3 Å². The fourth-order valence-electron chi connectivity index (χ4n) is 4.25. The number of aromatic nitrogens is 1. The molecular formula is C23H27FN4O4S. The molecule has 0 bridgehead atoms. The highest BCUT2D eigenvalue weighted by atomic mass is 32.1. The average Bonchev–Trinajstić information content (AvgIpc) is 3.36. The minimum atomic E-state index is -0.352. The van der Waals surface area contributed by atoms with E-state index in [4.69, 9.17) is 4.74 Å². The van der Waals surface area contributed by atoms with Crippen LogP contribution >= 0.6 is 11.3 Å². The van der Waals surface area contributed by atoms with E-state index in [1.807, 2.05) is 4.90 Å². The minimum Gasteiger partial charge on any atom is -0.465 e. The van der Waals surface area contributed by atoms with Crippen molar-refractivity contribution in [3.63, 3.8) is 0 Å². The molecule has 176 valence electrons. The monoisotopic (exact) mass is 474 g/mol. The molecule has 0 radical (unpaired) electrons. The summed E-state index contributed by atoms with van der Waals surface area (Å²) in [5.74, 6) is -1.35. The maximum absolute atomic E-state index is 13.0. The molecule has 10 heteroatoms. The first-order chi connectivity index (χ1) is 15.9. The number of ether oxygens (including phenoxy) is 1. The summed E-state index contributed by atoms with van der Waals surface area (Å²) in [5, 5.41) is 6.20. The Labute approximate surface area is 195 Å². The van der Waals surface area contributed by atoms with Gasteiger partial charge in [-0.2, -0.15) is 0 Å². The van der Waals surface area contributed by atoms with Crippen LogP contribution in [0, 0.1) is 11.7 Å². The molecule has 0 spiro atoms. The molecule has 1 atom stereocenters. The molecule has 2 aliphatic rings. The Morgan fingerprint density at radius 3 is 2.58 bits per heavy atom. The first-order valence-electron chi connectivity index (χ1n) is 11.2. The van der Waals surface area contributed by atoms with Crippen molar-refractivity contribution >= 4 is 39.9 Å². The number of carbonyl (C=O) groups is 3. The van der Waals surface area contributed by atoms with E-state index in [9.17, 15) is 18.8 Å². The summed E-state index contributed by atoms with van der Waals surface area (Å²) < 4.78 is 18.1. The zero-order chi connectivity index (χ0) is 23.4. The molecule has 2 N–H and O–H groups in total. The van der Waals surface area contributed by atoms with Crippen LogP contribution in [0.3, 0.4) is 0 Å². The maximum atomic E-state index is 13.0. The Kier molecular flexibility index (Phi) is 7.34. The Hall–Kier alpha value is -2.85. The number of halogens is 1. The van der Waals surface area contributed by atoms with Gasteiger partial charge in [-0.05, 0) is 70.0 Å². The van der Waals surface area contributed by atoms with Gasteiger partial charge in [0.25, 0.3) is 0 Å². The highest BCUT2D eigenvalue weighted by Crippen LogP contribution is 2.39. The SMILES string of the molecule is CCOC(=O)[C@@H]1CCc2sc(NC(=O)C3CCN(CC(=O)Nc4ccc(F)cc4)CC3)nc21. The normalized spacial score (nSPS) is 18.5. The lowest BCUT2D eigenvalue weighted by atomic mass is 9.96. The molecule has 1 aliphatic carbocycles. The van der Waals surface area contributed by atoms with Crippen LogP contribution in [0.15, 0.2) is 24.3 Å². The third-order valence-electron chi connectivity index (χ3n) is 5.97. The van der Waals surface area contributed by atoms with Gasteiger partial charge in [0.05, 0.1) is 18.8 Å². The maximum Gasteiger partial charge on any atom is 0.315 e. The first kappa shape index (κ1) is 23.3. The second-order valence-electron chi connectivity index (χ2n) is 8.27. The lowest BCUT2D eigenvalue weighted by molar-refractivity contribution is -0.145. The number of carbonyl (C=O) groups excluding carboxylic acids is 3. The molecule has 8 nitrogen and oxygen atoms in total. The molecule has 0 saturated carbocycles. The Morgan fingerprint density at radius 2 is 1.88 bits per heavy atom. The van der Waals surface area contributed by atoms with Crippen molar-refractivity contribution in [2.45, 2.75) is 38.5 Å². The van der Waals surface area contributed by atoms with Crippen LogP contribution in [0.1, 0.15) is 42.7 Å². The minimum absolute atomic E-state index is 0.0782. The summed E-state index contributed by atoms with van der Waals surface area (Å²) in [7, 11) is 0. The first-order valence-corrected chi connectivity index (χ1v) is 12.0. The van der Waals surface area contributed by atoms with Crippen molar-refractivity contribution in [3.05, 3.63) is 40.7 Å². The standard InChI is InChI=1S/C23H27FN4O4S/c1-2-32-22(31)17-7-8-18-20(17)26-23(33-18)27-21(30)14-9-11-28(12-10-14)13-19(29)25-16-5-3-15(24)4-6-16/h3-6,14,17H,2,7-13H2,1H3,(H,25,29)(H,26,27,30)/t17-/m1/s1. The van der Waals surface area contributed by atoms with Gasteiger partial charge in [0.15, 0.2) is 5.13 Å². The number of nitrogens with one attached hydrogen (secondary N) is 2. The van der Waals surface area contributed by atoms with Crippen molar-refractivity contribution in [1.29, 1.82) is 0 Å². The van der Waals surface area contributed by atoms with Crippen LogP contribution in [-0.2, 0) is 25.5 Å². The molecule has 33 heavy (non-hydrogen) atoms. The molecule has 0 unspecified atom stereocenters. The fourth-order valence-corrected chi connectivity index (χ4v) is 5.29. The predicted molar refractivity (Wildman–Crippen MR) is 123 cm³/mol. The number of rotatable bonds is 7. The van der Waals surface area contributed by atoms with Gasteiger partial charge in [0, 0.05) is 16.5 Å². The topological polar surface area (TPSA) is 101 Å². The number of likely N-dealkylation sites (tertiary alicyclic amines) is 1. The van der Waals surface area contributed by atoms with Crippen LogP contribution in [-0.4, -0.2) is 53.9 Å². The van der Waals surface area contributed by atoms with Crippen LogP contribution < -0.4 is 10.6 Å². The number of esters is 1. The number of piperidine rings is 1. The molecule has 2 heterocycles. The number of anilines is 2. The molecule has 2 aromatic rings. The van der Waals surface area contributed by atoms with E-state index in [1.165, 1.54) is 35.6 Å². The van der Waals surface area contributed by atoms with E-state index in [2.05, 4.69) is 15.6 Å². The largest absolute Gasteiger partial charge is 0.465 e. The van der Waals surface area contributed by atoms with Gasteiger partial charge in [0.2, 0.25) is 11.8 Å². The Balaban J connectivity index is 1.24. The number of hydrogen-bond acceptors (Lipinski definition) is 7. The van der Waals surface area contributed by atoms with Gasteiger partial charge in [-0.3, -0.25) is 19.3 Å². The average molecular weight is 475 g/mol. The van der Waals surface area contributed by atoms with Crippen LogP contribution in [0.25, 0.3) is 0 Å². The third kappa shape index (κ3) is 5.75. The van der Waals surface area contributed by atoms with Gasteiger partial charge in [-0.25, -0.2) is 9.37 Å². The highest BCUT2D eigenvalue weighted by Gasteiger charge is 2.34. The molecule has 4 rings (SSSR count). The second kappa shape index (κ2) is 10.4. The number of thiazole rings is 1. The number of nitrogens with zero attached hydrogens (tertiary/aromatic N) is 2. The molecule has 1 aliphatic heterocycles. The van der Waals surface area contributed by atoms with Crippen LogP contribution in [0.4, 0.5) is 15.2 Å². The number of aryl methyl sites for hydroxylation is 1. The molecule has 1 fully saturated rings. The second-order valence-corrected chi connectivity index (χ2v) is 9.35. The smallest absolute Gasteiger partial charge is 0.315 e. The van der Waals surface area contributed by atoms with E-state index in [1.54, 1.807) is 6.92 Å². The molecule has 1 saturated heterocycles. The van der Waals surface area contributed by atoms with Gasteiger partial charge >= 0.3 is 5.97 Å². The molecule has 1 aromatic heterocycles. The summed E-state index contributed by atoms with van der Waals surface area (Å²) >= 11 is 1.43. The molecule has 1 aromatic carbocycles. The number of benzene rings is 1. The number of amides is 2. The summed E-state index contributed by atoms with van der Waals surface area (Å²) in [6.07, 6.45) is 2.76. The summed E-state index contributed by atoms with van der Waals surface area (Å²) in [6.45, 7) is 3.61.